The molecule has 0 aliphatic carbocycles. The Morgan fingerprint density at radius 2 is 2.15 bits per heavy atom. The van der Waals surface area contributed by atoms with Gasteiger partial charge in [0.05, 0.1) is 5.39 Å². The molecule has 0 radical (unpaired) electrons. The number of aromatic nitrogens is 2. The Labute approximate surface area is 121 Å². The molecule has 0 aliphatic heterocycles. The van der Waals surface area contributed by atoms with Crippen LogP contribution in [0, 0.1) is 13.8 Å². The number of nitrogens with two attached hydrogens (primary N) is 1. The molecule has 0 saturated carbocycles. The molecular formula is C13H19N5OS. The van der Waals surface area contributed by atoms with Gasteiger partial charge in [0.1, 0.15) is 17.0 Å². The Hall–Kier alpha value is -1.73. The van der Waals surface area contributed by atoms with Gasteiger partial charge in [-0.15, -0.1) is 11.3 Å². The van der Waals surface area contributed by atoms with Crippen LogP contribution < -0.4 is 16.4 Å². The number of carbonyl (C=O) groups excluding carboxylic acids is 1. The van der Waals surface area contributed by atoms with Gasteiger partial charge in [-0.25, -0.2) is 9.97 Å². The number of anilines is 1. The Morgan fingerprint density at radius 3 is 2.90 bits per heavy atom. The number of rotatable bonds is 6. The highest BCUT2D eigenvalue weighted by atomic mass is 32.1. The standard InChI is InChI=1S/C13H19N5OS/c1-8-9(2)20-13-11(8)12(17-7-18-13)16-5-3-10(19)15-6-4-14/h7H,3-6,14H2,1-2H3,(H,15,19)(H,16,17,18). The zero-order chi connectivity index (χ0) is 14.5. The van der Waals surface area contributed by atoms with E-state index in [9.17, 15) is 4.79 Å². The van der Waals surface area contributed by atoms with E-state index in [1.165, 1.54) is 10.4 Å². The van der Waals surface area contributed by atoms with E-state index in [2.05, 4.69) is 34.4 Å². The van der Waals surface area contributed by atoms with Crippen molar-refractivity contribution in [2.24, 2.45) is 5.73 Å². The summed E-state index contributed by atoms with van der Waals surface area (Å²) in [6.45, 7) is 5.65. The molecule has 4 N–H and O–H groups in total. The highest BCUT2D eigenvalue weighted by Gasteiger charge is 2.11. The number of thiophene rings is 1. The maximum atomic E-state index is 11.5. The third kappa shape index (κ3) is 3.23. The van der Waals surface area contributed by atoms with Crippen LogP contribution in [0.25, 0.3) is 10.2 Å². The van der Waals surface area contributed by atoms with Crippen molar-refractivity contribution in [3.63, 3.8) is 0 Å². The van der Waals surface area contributed by atoms with Crippen LogP contribution >= 0.6 is 11.3 Å². The van der Waals surface area contributed by atoms with E-state index in [1.807, 2.05) is 0 Å². The van der Waals surface area contributed by atoms with Crippen LogP contribution in [0.15, 0.2) is 6.33 Å². The number of amides is 1. The first-order valence-corrected chi connectivity index (χ1v) is 7.36. The van der Waals surface area contributed by atoms with Crippen molar-refractivity contribution in [3.8, 4) is 0 Å². The van der Waals surface area contributed by atoms with E-state index in [-0.39, 0.29) is 5.91 Å². The molecule has 2 heterocycles. The first kappa shape index (κ1) is 14.7. The largest absolute Gasteiger partial charge is 0.369 e. The van der Waals surface area contributed by atoms with Crippen molar-refractivity contribution in [2.75, 3.05) is 25.0 Å². The molecule has 108 valence electrons. The number of hydrogen-bond acceptors (Lipinski definition) is 6. The fourth-order valence-electron chi connectivity index (χ4n) is 1.91. The third-order valence-corrected chi connectivity index (χ3v) is 4.19. The van der Waals surface area contributed by atoms with E-state index in [4.69, 9.17) is 5.73 Å². The minimum Gasteiger partial charge on any atom is -0.369 e. The fourth-order valence-corrected chi connectivity index (χ4v) is 2.91. The Morgan fingerprint density at radius 1 is 1.35 bits per heavy atom. The summed E-state index contributed by atoms with van der Waals surface area (Å²) in [6.07, 6.45) is 1.95. The predicted molar refractivity (Wildman–Crippen MR) is 82.1 cm³/mol. The van der Waals surface area contributed by atoms with Crippen LogP contribution in [0.2, 0.25) is 0 Å². The molecule has 0 aliphatic rings. The lowest BCUT2D eigenvalue weighted by molar-refractivity contribution is -0.120. The van der Waals surface area contributed by atoms with Crippen LogP contribution in [0.1, 0.15) is 16.9 Å². The molecule has 0 aromatic carbocycles. The molecule has 20 heavy (non-hydrogen) atoms. The molecule has 7 heteroatoms. The average Bonchev–Trinajstić information content (AvgIpc) is 2.73. The van der Waals surface area contributed by atoms with Crippen LogP contribution in [-0.4, -0.2) is 35.5 Å². The summed E-state index contributed by atoms with van der Waals surface area (Å²) < 4.78 is 0. The molecule has 1 amide bonds. The lowest BCUT2D eigenvalue weighted by Gasteiger charge is -2.07. The van der Waals surface area contributed by atoms with Crippen molar-refractivity contribution >= 4 is 33.3 Å². The van der Waals surface area contributed by atoms with Gasteiger partial charge < -0.3 is 16.4 Å². The SMILES string of the molecule is Cc1sc2ncnc(NCCC(=O)NCCN)c2c1C. The molecule has 2 aromatic rings. The number of nitrogens with one attached hydrogen (secondary N) is 2. The van der Waals surface area contributed by atoms with Crippen LogP contribution in [0.4, 0.5) is 5.82 Å². The predicted octanol–water partition coefficient (Wildman–Crippen LogP) is 1.19. The van der Waals surface area contributed by atoms with Crippen LogP contribution in [-0.2, 0) is 4.79 Å². The van der Waals surface area contributed by atoms with Gasteiger partial charge in [-0.2, -0.15) is 0 Å². The van der Waals surface area contributed by atoms with E-state index in [1.54, 1.807) is 17.7 Å². The Bertz CT molecular complexity index is 610. The molecule has 0 bridgehead atoms. The summed E-state index contributed by atoms with van der Waals surface area (Å²) in [4.78, 5) is 22.3. The molecule has 0 atom stereocenters. The van der Waals surface area contributed by atoms with Gasteiger partial charge in [-0.1, -0.05) is 0 Å². The summed E-state index contributed by atoms with van der Waals surface area (Å²) in [5.74, 6) is 0.787. The molecule has 2 rings (SSSR count). The topological polar surface area (TPSA) is 92.9 Å². The smallest absolute Gasteiger partial charge is 0.221 e. The second-order valence-corrected chi connectivity index (χ2v) is 5.70. The number of nitrogens with zero attached hydrogens (tertiary/aromatic N) is 2. The van der Waals surface area contributed by atoms with Crippen molar-refractivity contribution < 1.29 is 4.79 Å². The molecule has 0 unspecified atom stereocenters. The van der Waals surface area contributed by atoms with E-state index >= 15 is 0 Å². The van der Waals surface area contributed by atoms with Gasteiger partial charge in [0.25, 0.3) is 0 Å². The average molecular weight is 293 g/mol. The zero-order valence-corrected chi connectivity index (χ0v) is 12.5. The zero-order valence-electron chi connectivity index (χ0n) is 11.7. The molecule has 2 aromatic heterocycles. The number of carbonyl (C=O) groups is 1. The molecular weight excluding hydrogens is 274 g/mol. The highest BCUT2D eigenvalue weighted by molar-refractivity contribution is 7.18. The lowest BCUT2D eigenvalue weighted by Crippen LogP contribution is -2.30. The quantitative estimate of drug-likeness (QED) is 0.744. The van der Waals surface area contributed by atoms with Gasteiger partial charge in [0.15, 0.2) is 0 Å². The van der Waals surface area contributed by atoms with Crippen molar-refractivity contribution in [1.82, 2.24) is 15.3 Å². The second kappa shape index (κ2) is 6.62. The molecule has 0 saturated heterocycles. The summed E-state index contributed by atoms with van der Waals surface area (Å²) in [6, 6.07) is 0. The first-order chi connectivity index (χ1) is 9.63. The minimum atomic E-state index is -0.00790. The maximum absolute atomic E-state index is 11.5. The Balaban J connectivity index is 2.01. The monoisotopic (exact) mass is 293 g/mol. The fraction of sp³-hybridized carbons (Fsp3) is 0.462. The molecule has 0 spiro atoms. The van der Waals surface area contributed by atoms with Gasteiger partial charge in [0.2, 0.25) is 5.91 Å². The van der Waals surface area contributed by atoms with E-state index in [0.717, 1.165) is 16.0 Å². The van der Waals surface area contributed by atoms with E-state index < -0.39 is 0 Å². The second-order valence-electron chi connectivity index (χ2n) is 4.50. The number of aryl methyl sites for hydroxylation is 2. The molecule has 0 fully saturated rings. The minimum absolute atomic E-state index is 0.00790. The van der Waals surface area contributed by atoms with Crippen LogP contribution in [0.3, 0.4) is 0 Å². The van der Waals surface area contributed by atoms with Gasteiger partial charge in [-0.3, -0.25) is 4.79 Å². The van der Waals surface area contributed by atoms with Crippen molar-refractivity contribution in [2.45, 2.75) is 20.3 Å². The van der Waals surface area contributed by atoms with Crippen molar-refractivity contribution in [1.29, 1.82) is 0 Å². The van der Waals surface area contributed by atoms with Crippen molar-refractivity contribution in [3.05, 3.63) is 16.8 Å². The van der Waals surface area contributed by atoms with Crippen LogP contribution in [0.5, 0.6) is 0 Å². The Kier molecular flexibility index (Phi) is 4.86. The first-order valence-electron chi connectivity index (χ1n) is 6.54. The van der Waals surface area contributed by atoms with Gasteiger partial charge >= 0.3 is 0 Å². The highest BCUT2D eigenvalue weighted by Crippen LogP contribution is 2.32. The summed E-state index contributed by atoms with van der Waals surface area (Å²) in [5.41, 5.74) is 6.53. The summed E-state index contributed by atoms with van der Waals surface area (Å²) >= 11 is 1.66. The summed E-state index contributed by atoms with van der Waals surface area (Å²) in [7, 11) is 0. The van der Waals surface area contributed by atoms with Gasteiger partial charge in [0, 0.05) is 30.9 Å². The maximum Gasteiger partial charge on any atom is 0.221 e. The van der Waals surface area contributed by atoms with Gasteiger partial charge in [-0.05, 0) is 19.4 Å². The van der Waals surface area contributed by atoms with E-state index in [0.29, 0.717) is 26.1 Å². The molecule has 6 nitrogen and oxygen atoms in total. The third-order valence-electron chi connectivity index (χ3n) is 3.08. The normalized spacial score (nSPS) is 10.8. The number of fused-ring (bicyclic) bond motifs is 1. The summed E-state index contributed by atoms with van der Waals surface area (Å²) in [5, 5.41) is 7.00. The lowest BCUT2D eigenvalue weighted by atomic mass is 10.2. The number of hydrogen-bond donors (Lipinski definition) is 3.